The number of aryl methyl sites for hydroxylation is 2. The van der Waals surface area contributed by atoms with Crippen molar-refractivity contribution in [3.05, 3.63) is 64.4 Å². The van der Waals surface area contributed by atoms with Gasteiger partial charge in [-0.25, -0.2) is 0 Å². The van der Waals surface area contributed by atoms with Gasteiger partial charge in [-0.05, 0) is 55.2 Å². The van der Waals surface area contributed by atoms with Crippen LogP contribution in [0.25, 0.3) is 10.4 Å². The van der Waals surface area contributed by atoms with Gasteiger partial charge in [-0.3, -0.25) is 9.59 Å². The second-order valence-corrected chi connectivity index (χ2v) is 9.15. The van der Waals surface area contributed by atoms with Gasteiger partial charge in [0, 0.05) is 18.0 Å². The van der Waals surface area contributed by atoms with Crippen molar-refractivity contribution in [2.24, 2.45) is 11.1 Å². The molecule has 1 saturated heterocycles. The van der Waals surface area contributed by atoms with Gasteiger partial charge >= 0.3 is 0 Å². The lowest BCUT2D eigenvalue weighted by molar-refractivity contribution is -0.130. The number of rotatable bonds is 6. The third-order valence-corrected chi connectivity index (χ3v) is 7.10. The number of likely N-dealkylation sites (tertiary alicyclic amines) is 1. The van der Waals surface area contributed by atoms with E-state index in [9.17, 15) is 9.59 Å². The van der Waals surface area contributed by atoms with Gasteiger partial charge < -0.3 is 15.2 Å². The third kappa shape index (κ3) is 4.02. The molecule has 1 fully saturated rings. The first kappa shape index (κ1) is 21.3. The summed E-state index contributed by atoms with van der Waals surface area (Å²) in [7, 11) is 0. The van der Waals surface area contributed by atoms with Crippen LogP contribution in [-0.2, 0) is 17.6 Å². The highest BCUT2D eigenvalue weighted by molar-refractivity contribution is 7.13. The Kier molecular flexibility index (Phi) is 5.96. The van der Waals surface area contributed by atoms with E-state index in [2.05, 4.69) is 23.4 Å². The Morgan fingerprint density at radius 2 is 2.06 bits per heavy atom. The van der Waals surface area contributed by atoms with Crippen LogP contribution in [0.1, 0.15) is 47.1 Å². The molecule has 0 aliphatic carbocycles. The van der Waals surface area contributed by atoms with Crippen LogP contribution in [0.4, 0.5) is 0 Å². The number of hydrogen-bond acceptors (Lipinski definition) is 5. The first-order valence-electron chi connectivity index (χ1n) is 10.6. The van der Waals surface area contributed by atoms with E-state index < -0.39 is 5.41 Å². The van der Waals surface area contributed by atoms with Crippen molar-refractivity contribution < 1.29 is 14.1 Å². The average Bonchev–Trinajstić information content (AvgIpc) is 3.43. The minimum absolute atomic E-state index is 0.132. The average molecular weight is 438 g/mol. The van der Waals surface area contributed by atoms with E-state index in [0.29, 0.717) is 49.4 Å². The smallest absolute Gasteiger partial charge is 0.259 e. The molecule has 0 bridgehead atoms. The molecule has 31 heavy (non-hydrogen) atoms. The van der Waals surface area contributed by atoms with Gasteiger partial charge in [0.1, 0.15) is 11.3 Å². The summed E-state index contributed by atoms with van der Waals surface area (Å²) in [4.78, 5) is 29.0. The summed E-state index contributed by atoms with van der Waals surface area (Å²) in [5.74, 6) is 0.0244. The Balaban J connectivity index is 1.65. The van der Waals surface area contributed by atoms with Crippen molar-refractivity contribution in [1.82, 2.24) is 10.1 Å². The molecule has 7 heteroatoms. The molecule has 162 valence electrons. The van der Waals surface area contributed by atoms with Crippen molar-refractivity contribution in [2.75, 3.05) is 13.1 Å². The minimum atomic E-state index is -0.807. The van der Waals surface area contributed by atoms with Crippen molar-refractivity contribution in [3.8, 4) is 10.4 Å². The number of aromatic nitrogens is 1. The van der Waals surface area contributed by atoms with E-state index in [4.69, 9.17) is 10.3 Å². The molecule has 6 nitrogen and oxygen atoms in total. The van der Waals surface area contributed by atoms with Gasteiger partial charge in [0.25, 0.3) is 5.91 Å². The number of nitrogens with two attached hydrogens (primary N) is 1. The number of hydrogen-bond donors (Lipinski definition) is 1. The zero-order chi connectivity index (χ0) is 22.0. The summed E-state index contributed by atoms with van der Waals surface area (Å²) >= 11 is 1.67. The summed E-state index contributed by atoms with van der Waals surface area (Å²) in [6.07, 6.45) is 2.50. The molecule has 1 atom stereocenters. The highest BCUT2D eigenvalue weighted by atomic mass is 32.1. The Hall–Kier alpha value is -2.93. The summed E-state index contributed by atoms with van der Waals surface area (Å²) in [6, 6.07) is 12.2. The molecular weight excluding hydrogens is 410 g/mol. The van der Waals surface area contributed by atoms with Gasteiger partial charge in [-0.2, -0.15) is 0 Å². The zero-order valence-corrected chi connectivity index (χ0v) is 18.7. The Morgan fingerprint density at radius 3 is 2.77 bits per heavy atom. The second-order valence-electron chi connectivity index (χ2n) is 8.20. The van der Waals surface area contributed by atoms with E-state index in [1.165, 1.54) is 0 Å². The predicted octanol–water partition coefficient (Wildman–Crippen LogP) is 4.22. The topological polar surface area (TPSA) is 89.4 Å². The molecular formula is C24H27N3O3S. The van der Waals surface area contributed by atoms with E-state index >= 15 is 0 Å². The van der Waals surface area contributed by atoms with Crippen LogP contribution in [-0.4, -0.2) is 35.0 Å². The number of carbonyl (C=O) groups excluding carboxylic acids is 2. The first-order chi connectivity index (χ1) is 14.9. The molecule has 0 saturated carbocycles. The predicted molar refractivity (Wildman–Crippen MR) is 121 cm³/mol. The van der Waals surface area contributed by atoms with Crippen molar-refractivity contribution in [3.63, 3.8) is 0 Å². The number of carbonyl (C=O) groups is 2. The van der Waals surface area contributed by atoms with Crippen LogP contribution < -0.4 is 5.73 Å². The van der Waals surface area contributed by atoms with Gasteiger partial charge in [-0.1, -0.05) is 42.4 Å². The van der Waals surface area contributed by atoms with Gasteiger partial charge in [0.2, 0.25) is 5.91 Å². The van der Waals surface area contributed by atoms with Crippen LogP contribution in [0.3, 0.4) is 0 Å². The fraction of sp³-hybridized carbons (Fsp3) is 0.375. The molecule has 3 heterocycles. The third-order valence-electron chi connectivity index (χ3n) is 6.20. The molecule has 2 N–H and O–H groups in total. The number of benzene rings is 1. The van der Waals surface area contributed by atoms with E-state index in [1.54, 1.807) is 23.2 Å². The summed E-state index contributed by atoms with van der Waals surface area (Å²) in [5.41, 5.74) is 8.54. The maximum absolute atomic E-state index is 13.4. The van der Waals surface area contributed by atoms with Crippen LogP contribution in [0.5, 0.6) is 0 Å². The van der Waals surface area contributed by atoms with E-state index in [0.717, 1.165) is 22.4 Å². The number of thiophene rings is 1. The lowest BCUT2D eigenvalue weighted by Crippen LogP contribution is -2.53. The van der Waals surface area contributed by atoms with Crippen LogP contribution in [0.2, 0.25) is 0 Å². The summed E-state index contributed by atoms with van der Waals surface area (Å²) < 4.78 is 5.26. The van der Waals surface area contributed by atoms with Crippen LogP contribution in [0.15, 0.2) is 46.3 Å². The number of primary amides is 1. The van der Waals surface area contributed by atoms with Gasteiger partial charge in [0.05, 0.1) is 11.1 Å². The normalized spacial score (nSPS) is 18.8. The highest BCUT2D eigenvalue weighted by Crippen LogP contribution is 2.38. The maximum Gasteiger partial charge on any atom is 0.259 e. The molecule has 1 aromatic carbocycles. The monoisotopic (exact) mass is 437 g/mol. The summed E-state index contributed by atoms with van der Waals surface area (Å²) in [5, 5.41) is 6.06. The van der Waals surface area contributed by atoms with Crippen LogP contribution in [0, 0.1) is 12.3 Å². The quantitative estimate of drug-likeness (QED) is 0.625. The molecule has 0 spiro atoms. The summed E-state index contributed by atoms with van der Waals surface area (Å²) in [6.45, 7) is 4.59. The molecule has 4 rings (SSSR count). The van der Waals surface area contributed by atoms with Gasteiger partial charge in [0.15, 0.2) is 0 Å². The second kappa shape index (κ2) is 8.67. The maximum atomic E-state index is 13.4. The number of amides is 2. The largest absolute Gasteiger partial charge is 0.369 e. The van der Waals surface area contributed by atoms with E-state index in [-0.39, 0.29) is 11.8 Å². The molecule has 2 amide bonds. The highest BCUT2D eigenvalue weighted by Gasteiger charge is 2.43. The van der Waals surface area contributed by atoms with Crippen molar-refractivity contribution in [2.45, 2.75) is 39.5 Å². The first-order valence-corrected chi connectivity index (χ1v) is 11.5. The Bertz CT molecular complexity index is 1090. The molecule has 0 unspecified atom stereocenters. The lowest BCUT2D eigenvalue weighted by atomic mass is 9.73. The Morgan fingerprint density at radius 1 is 1.26 bits per heavy atom. The molecule has 0 radical (unpaired) electrons. The fourth-order valence-electron chi connectivity index (χ4n) is 4.54. The molecule has 1 aliphatic rings. The fourth-order valence-corrected chi connectivity index (χ4v) is 5.33. The van der Waals surface area contributed by atoms with Gasteiger partial charge in [-0.15, -0.1) is 11.3 Å². The standard InChI is InChI=1S/C24H27N3O3S/c1-3-19-21(16(2)30-26-19)22(28)27-12-7-11-24(15-27,23(25)29)14-17-8-4-5-9-18(17)20-10-6-13-31-20/h4-6,8-10,13H,3,7,11-12,14-15H2,1-2H3,(H2,25,29)/t24-/m0/s1. The van der Waals surface area contributed by atoms with Crippen LogP contribution >= 0.6 is 11.3 Å². The number of nitrogens with zero attached hydrogens (tertiary/aromatic N) is 2. The van der Waals surface area contributed by atoms with E-state index in [1.807, 2.05) is 30.5 Å². The number of piperidine rings is 1. The lowest BCUT2D eigenvalue weighted by Gasteiger charge is -2.41. The molecule has 1 aliphatic heterocycles. The zero-order valence-electron chi connectivity index (χ0n) is 17.9. The van der Waals surface area contributed by atoms with Crippen molar-refractivity contribution >= 4 is 23.2 Å². The minimum Gasteiger partial charge on any atom is -0.369 e. The SMILES string of the molecule is CCc1noc(C)c1C(=O)N1CCC[C@@](Cc2ccccc2-c2cccs2)(C(N)=O)C1. The van der Waals surface area contributed by atoms with Crippen molar-refractivity contribution in [1.29, 1.82) is 0 Å². The molecule has 2 aromatic heterocycles. The Labute approximate surface area is 186 Å². The molecule has 3 aromatic rings.